The summed E-state index contributed by atoms with van der Waals surface area (Å²) in [6, 6.07) is 8.39. The number of rotatable bonds is 5. The molecule has 2 atom stereocenters. The average Bonchev–Trinajstić information content (AvgIpc) is 2.79. The molecule has 2 fully saturated rings. The van der Waals surface area contributed by atoms with Crippen LogP contribution >= 0.6 is 34.8 Å². The van der Waals surface area contributed by atoms with Gasteiger partial charge in [0.2, 0.25) is 26.6 Å². The van der Waals surface area contributed by atoms with E-state index in [4.69, 9.17) is 34.8 Å². The third-order valence-corrected chi connectivity index (χ3v) is 9.94. The number of carbonyl (C=O) groups is 2. The molecule has 7 nitrogen and oxygen atoms in total. The van der Waals surface area contributed by atoms with Crippen molar-refractivity contribution < 1.29 is 18.0 Å². The van der Waals surface area contributed by atoms with Gasteiger partial charge in [0.05, 0.1) is 16.5 Å². The highest BCUT2D eigenvalue weighted by molar-refractivity contribution is 7.93. The lowest BCUT2D eigenvalue weighted by Crippen LogP contribution is -2.80. The molecule has 11 heteroatoms. The van der Waals surface area contributed by atoms with Crippen molar-refractivity contribution in [1.82, 2.24) is 15.1 Å². The van der Waals surface area contributed by atoms with Crippen molar-refractivity contribution in [2.45, 2.75) is 55.6 Å². The van der Waals surface area contributed by atoms with Crippen LogP contribution in [-0.2, 0) is 25.8 Å². The highest BCUT2D eigenvalue weighted by Gasteiger charge is 2.62. The van der Waals surface area contributed by atoms with E-state index in [1.165, 1.54) is 21.9 Å². The number of carbonyl (C=O) groups excluding carboxylic acids is 2. The Balaban J connectivity index is 1.92. The summed E-state index contributed by atoms with van der Waals surface area (Å²) in [6.07, 6.45) is 0.202. The molecule has 188 valence electrons. The van der Waals surface area contributed by atoms with E-state index in [0.29, 0.717) is 15.6 Å². The van der Waals surface area contributed by atoms with E-state index in [1.54, 1.807) is 31.2 Å². The number of piperazine rings is 1. The summed E-state index contributed by atoms with van der Waals surface area (Å²) in [5, 5.41) is 3.93. The first-order valence-corrected chi connectivity index (χ1v) is 13.8. The third-order valence-electron chi connectivity index (χ3n) is 6.58. The van der Waals surface area contributed by atoms with Gasteiger partial charge in [-0.1, -0.05) is 46.9 Å². The molecule has 2 unspecified atom stereocenters. The van der Waals surface area contributed by atoms with E-state index in [-0.39, 0.29) is 47.8 Å². The van der Waals surface area contributed by atoms with Crippen LogP contribution in [-0.4, -0.2) is 60.2 Å². The van der Waals surface area contributed by atoms with E-state index in [1.807, 2.05) is 13.8 Å². The summed E-state index contributed by atoms with van der Waals surface area (Å²) >= 11 is 18.6. The fraction of sp³-hybridized carbons (Fsp3) is 0.417. The SMILES string of the molecule is Cc1cc(S(=O)(=O)C23CN(C(C)C)C(=O)C(Cc4ccc(Cl)cc4)N2C(=O)CCN3)c(Cl)cc1Cl. The molecule has 4 rings (SSSR count). The second-order valence-corrected chi connectivity index (χ2v) is 12.5. The van der Waals surface area contributed by atoms with Gasteiger partial charge in [0.15, 0.2) is 0 Å². The molecule has 0 spiro atoms. The zero-order chi connectivity index (χ0) is 25.7. The monoisotopic (exact) mass is 557 g/mol. The largest absolute Gasteiger partial charge is 0.334 e. The van der Waals surface area contributed by atoms with Gasteiger partial charge in [-0.05, 0) is 56.2 Å². The summed E-state index contributed by atoms with van der Waals surface area (Å²) in [6.45, 7) is 5.23. The zero-order valence-electron chi connectivity index (χ0n) is 19.5. The molecule has 2 amide bonds. The van der Waals surface area contributed by atoms with Gasteiger partial charge in [0.25, 0.3) is 0 Å². The van der Waals surface area contributed by atoms with Gasteiger partial charge in [-0.25, -0.2) is 8.42 Å². The van der Waals surface area contributed by atoms with E-state index in [2.05, 4.69) is 5.32 Å². The molecule has 0 aromatic heterocycles. The van der Waals surface area contributed by atoms with Gasteiger partial charge in [0, 0.05) is 35.5 Å². The van der Waals surface area contributed by atoms with Crippen molar-refractivity contribution in [1.29, 1.82) is 0 Å². The van der Waals surface area contributed by atoms with Crippen molar-refractivity contribution >= 4 is 56.5 Å². The molecule has 2 heterocycles. The van der Waals surface area contributed by atoms with E-state index >= 15 is 0 Å². The predicted molar refractivity (Wildman–Crippen MR) is 136 cm³/mol. The summed E-state index contributed by atoms with van der Waals surface area (Å²) < 4.78 is 28.7. The minimum absolute atomic E-state index is 0.0444. The van der Waals surface area contributed by atoms with Crippen LogP contribution in [0.15, 0.2) is 41.3 Å². The molecule has 2 aromatic rings. The molecule has 2 aromatic carbocycles. The number of hydrogen-bond acceptors (Lipinski definition) is 5. The van der Waals surface area contributed by atoms with Gasteiger partial charge in [-0.2, -0.15) is 0 Å². The Morgan fingerprint density at radius 2 is 1.74 bits per heavy atom. The van der Waals surface area contributed by atoms with Crippen LogP contribution in [0.2, 0.25) is 15.1 Å². The molecule has 2 aliphatic heterocycles. The fourth-order valence-electron chi connectivity index (χ4n) is 4.73. The Hall–Kier alpha value is -1.84. The van der Waals surface area contributed by atoms with Crippen molar-refractivity contribution in [3.63, 3.8) is 0 Å². The van der Waals surface area contributed by atoms with Gasteiger partial charge < -0.3 is 4.90 Å². The van der Waals surface area contributed by atoms with Crippen LogP contribution in [0.3, 0.4) is 0 Å². The number of halogens is 3. The molecule has 0 aliphatic carbocycles. The van der Waals surface area contributed by atoms with Gasteiger partial charge >= 0.3 is 0 Å². The molecule has 2 aliphatic rings. The fourth-order valence-corrected chi connectivity index (χ4v) is 7.64. The van der Waals surface area contributed by atoms with Gasteiger partial charge in [-0.15, -0.1) is 0 Å². The lowest BCUT2D eigenvalue weighted by Gasteiger charge is -2.56. The third kappa shape index (κ3) is 4.44. The molecule has 1 N–H and O–H groups in total. The maximum atomic E-state index is 14.4. The Morgan fingerprint density at radius 1 is 1.09 bits per heavy atom. The first kappa shape index (κ1) is 26.2. The first-order valence-electron chi connectivity index (χ1n) is 11.2. The molecular formula is C24H26Cl3N3O4S. The molecule has 35 heavy (non-hydrogen) atoms. The average molecular weight is 559 g/mol. The van der Waals surface area contributed by atoms with Gasteiger partial charge in [0.1, 0.15) is 6.04 Å². The lowest BCUT2D eigenvalue weighted by molar-refractivity contribution is -0.165. The highest BCUT2D eigenvalue weighted by atomic mass is 35.5. The maximum Gasteiger partial charge on any atom is 0.246 e. The second-order valence-electron chi connectivity index (χ2n) is 9.17. The van der Waals surface area contributed by atoms with E-state index in [9.17, 15) is 18.0 Å². The van der Waals surface area contributed by atoms with Crippen molar-refractivity contribution in [3.05, 3.63) is 62.6 Å². The van der Waals surface area contributed by atoms with Gasteiger partial charge in [-0.3, -0.25) is 19.8 Å². The number of aryl methyl sites for hydroxylation is 1. The standard InChI is InChI=1S/C24H26Cl3N3O4S/c1-14(2)29-13-24(35(33,34)21-10-15(3)18(26)12-19(21)27)28-9-8-22(31)30(24)20(23(29)32)11-16-4-6-17(25)7-5-16/h4-7,10,12,14,20,28H,8-9,11,13H2,1-3H3. The van der Waals surface area contributed by atoms with Crippen LogP contribution < -0.4 is 5.32 Å². The number of hydrogen-bond donors (Lipinski definition) is 1. The number of benzene rings is 2. The summed E-state index contributed by atoms with van der Waals surface area (Å²) in [7, 11) is -4.32. The molecule has 0 saturated carbocycles. The minimum Gasteiger partial charge on any atom is -0.334 e. The van der Waals surface area contributed by atoms with Crippen molar-refractivity contribution in [2.24, 2.45) is 0 Å². The zero-order valence-corrected chi connectivity index (χ0v) is 22.6. The summed E-state index contributed by atoms with van der Waals surface area (Å²) in [5.74, 6) is -0.721. The normalized spacial score (nSPS) is 23.1. The Bertz CT molecular complexity index is 1280. The van der Waals surface area contributed by atoms with E-state index in [0.717, 1.165) is 5.56 Å². The number of sulfone groups is 1. The Morgan fingerprint density at radius 3 is 2.37 bits per heavy atom. The lowest BCUT2D eigenvalue weighted by atomic mass is 9.97. The minimum atomic E-state index is -4.32. The number of amides is 2. The summed E-state index contributed by atoms with van der Waals surface area (Å²) in [5.41, 5.74) is 1.29. The predicted octanol–water partition coefficient (Wildman–Crippen LogP) is 4.07. The smallest absolute Gasteiger partial charge is 0.246 e. The molecule has 2 saturated heterocycles. The maximum absolute atomic E-state index is 14.4. The van der Waals surface area contributed by atoms with Crippen LogP contribution in [0.1, 0.15) is 31.4 Å². The molecule has 0 radical (unpaired) electrons. The topological polar surface area (TPSA) is 86.8 Å². The van der Waals surface area contributed by atoms with Crippen molar-refractivity contribution in [3.8, 4) is 0 Å². The number of nitrogens with zero attached hydrogens (tertiary/aromatic N) is 2. The molecule has 0 bridgehead atoms. The quantitative estimate of drug-likeness (QED) is 0.598. The first-order chi connectivity index (χ1) is 16.4. The molecular weight excluding hydrogens is 533 g/mol. The van der Waals surface area contributed by atoms with E-state index < -0.39 is 26.8 Å². The Labute approximate surface area is 220 Å². The van der Waals surface area contributed by atoms with Crippen molar-refractivity contribution in [2.75, 3.05) is 13.1 Å². The summed E-state index contributed by atoms with van der Waals surface area (Å²) in [4.78, 5) is 27.7. The van der Waals surface area contributed by atoms with Crippen LogP contribution in [0.4, 0.5) is 0 Å². The number of fused-ring (bicyclic) bond motifs is 1. The highest BCUT2D eigenvalue weighted by Crippen LogP contribution is 2.41. The van der Waals surface area contributed by atoms with Crippen LogP contribution in [0.5, 0.6) is 0 Å². The number of nitrogens with one attached hydrogen (secondary N) is 1. The second kappa shape index (κ2) is 9.56. The van der Waals surface area contributed by atoms with Crippen LogP contribution in [0, 0.1) is 6.92 Å². The van der Waals surface area contributed by atoms with Crippen LogP contribution in [0.25, 0.3) is 0 Å². The Kier molecular flexibility index (Phi) is 7.16.